The second-order valence-electron chi connectivity index (χ2n) is 3.50. The minimum absolute atomic E-state index is 0.00204. The van der Waals surface area contributed by atoms with Gasteiger partial charge >= 0.3 is 0 Å². The van der Waals surface area contributed by atoms with Crippen molar-refractivity contribution in [3.8, 4) is 5.75 Å². The molecule has 0 saturated heterocycles. The van der Waals surface area contributed by atoms with Gasteiger partial charge in [0.2, 0.25) is 0 Å². The van der Waals surface area contributed by atoms with E-state index in [2.05, 4.69) is 0 Å². The smallest absolute Gasteiger partial charge is 0.127 e. The Kier molecular flexibility index (Phi) is 1.96. The van der Waals surface area contributed by atoms with E-state index in [1.54, 1.807) is 0 Å². The number of phenols is 1. The summed E-state index contributed by atoms with van der Waals surface area (Å²) in [6.07, 6.45) is 2.65. The number of aromatic hydroxyl groups is 1. The van der Waals surface area contributed by atoms with Gasteiger partial charge in [-0.1, -0.05) is 0 Å². The van der Waals surface area contributed by atoms with Gasteiger partial charge in [0.1, 0.15) is 11.6 Å². The summed E-state index contributed by atoms with van der Waals surface area (Å²) in [5.41, 5.74) is 7.40. The highest BCUT2D eigenvalue weighted by molar-refractivity contribution is 5.43. The molecule has 0 radical (unpaired) electrons. The second kappa shape index (κ2) is 3.00. The van der Waals surface area contributed by atoms with E-state index in [4.69, 9.17) is 5.73 Å². The zero-order valence-electron chi connectivity index (χ0n) is 7.26. The van der Waals surface area contributed by atoms with Gasteiger partial charge in [-0.05, 0) is 30.9 Å². The van der Waals surface area contributed by atoms with Gasteiger partial charge in [-0.15, -0.1) is 0 Å². The molecule has 1 aliphatic carbocycles. The Morgan fingerprint density at radius 2 is 2.23 bits per heavy atom. The molecular formula is C10H12FNO. The zero-order valence-corrected chi connectivity index (χ0v) is 7.26. The molecule has 0 spiro atoms. The molecular weight excluding hydrogens is 169 g/mol. The first kappa shape index (κ1) is 8.51. The summed E-state index contributed by atoms with van der Waals surface area (Å²) in [5.74, 6) is -0.382. The molecule has 1 aromatic rings. The van der Waals surface area contributed by atoms with Crippen LogP contribution in [0, 0.1) is 5.82 Å². The van der Waals surface area contributed by atoms with E-state index < -0.39 is 0 Å². The predicted octanol–water partition coefficient (Wildman–Crippen LogP) is 1.87. The molecule has 0 amide bonds. The Bertz CT molecular complexity index is 338. The van der Waals surface area contributed by atoms with Crippen molar-refractivity contribution in [3.05, 3.63) is 29.1 Å². The SMILES string of the molecule is N[C@H]1CCCc2cc(F)cc(O)c21. The summed E-state index contributed by atoms with van der Waals surface area (Å²) in [6.45, 7) is 0. The Hall–Kier alpha value is -1.09. The van der Waals surface area contributed by atoms with Crippen LogP contribution in [0.25, 0.3) is 0 Å². The van der Waals surface area contributed by atoms with Crippen molar-refractivity contribution in [2.75, 3.05) is 0 Å². The van der Waals surface area contributed by atoms with E-state index in [1.165, 1.54) is 6.07 Å². The Labute approximate surface area is 76.2 Å². The monoisotopic (exact) mass is 181 g/mol. The number of benzene rings is 1. The van der Waals surface area contributed by atoms with Crippen LogP contribution >= 0.6 is 0 Å². The van der Waals surface area contributed by atoms with Crippen LogP contribution in [-0.2, 0) is 6.42 Å². The number of rotatable bonds is 0. The first-order chi connectivity index (χ1) is 6.18. The van der Waals surface area contributed by atoms with Crippen LogP contribution in [0.3, 0.4) is 0 Å². The van der Waals surface area contributed by atoms with E-state index in [-0.39, 0.29) is 17.6 Å². The minimum Gasteiger partial charge on any atom is -0.507 e. The molecule has 1 aliphatic rings. The van der Waals surface area contributed by atoms with Crippen molar-refractivity contribution in [2.24, 2.45) is 5.73 Å². The number of hydrogen-bond donors (Lipinski definition) is 2. The van der Waals surface area contributed by atoms with Gasteiger partial charge in [-0.3, -0.25) is 0 Å². The summed E-state index contributed by atoms with van der Waals surface area (Å²) in [4.78, 5) is 0. The maximum Gasteiger partial charge on any atom is 0.127 e. The molecule has 2 nitrogen and oxygen atoms in total. The third-order valence-electron chi connectivity index (χ3n) is 2.54. The first-order valence-electron chi connectivity index (χ1n) is 4.45. The largest absolute Gasteiger partial charge is 0.507 e. The Morgan fingerprint density at radius 3 is 3.00 bits per heavy atom. The van der Waals surface area contributed by atoms with Crippen molar-refractivity contribution in [2.45, 2.75) is 25.3 Å². The number of nitrogens with two attached hydrogens (primary N) is 1. The van der Waals surface area contributed by atoms with Crippen LogP contribution in [0.2, 0.25) is 0 Å². The molecule has 2 rings (SSSR count). The highest BCUT2D eigenvalue weighted by Gasteiger charge is 2.20. The number of aryl methyl sites for hydroxylation is 1. The first-order valence-corrected chi connectivity index (χ1v) is 4.45. The summed E-state index contributed by atoms with van der Waals surface area (Å²) in [7, 11) is 0. The van der Waals surface area contributed by atoms with E-state index in [0.29, 0.717) is 0 Å². The van der Waals surface area contributed by atoms with Gasteiger partial charge in [0.15, 0.2) is 0 Å². The van der Waals surface area contributed by atoms with E-state index in [9.17, 15) is 9.50 Å². The fraction of sp³-hybridized carbons (Fsp3) is 0.400. The molecule has 13 heavy (non-hydrogen) atoms. The molecule has 3 heteroatoms. The maximum absolute atomic E-state index is 12.9. The van der Waals surface area contributed by atoms with Crippen LogP contribution in [0.4, 0.5) is 4.39 Å². The predicted molar refractivity (Wildman–Crippen MR) is 47.9 cm³/mol. The standard InChI is InChI=1S/C10H12FNO/c11-7-4-6-2-1-3-8(12)10(6)9(13)5-7/h4-5,8,13H,1-3,12H2/t8-/m0/s1. The fourth-order valence-corrected chi connectivity index (χ4v) is 1.95. The van der Waals surface area contributed by atoms with Crippen LogP contribution in [0.5, 0.6) is 5.75 Å². The van der Waals surface area contributed by atoms with Crippen molar-refractivity contribution in [1.29, 1.82) is 0 Å². The quantitative estimate of drug-likeness (QED) is 0.641. The molecule has 0 aliphatic heterocycles. The Morgan fingerprint density at radius 1 is 1.46 bits per heavy atom. The molecule has 70 valence electrons. The summed E-state index contributed by atoms with van der Waals surface area (Å²) in [6, 6.07) is 2.46. The van der Waals surface area contributed by atoms with Crippen molar-refractivity contribution in [3.63, 3.8) is 0 Å². The molecule has 0 heterocycles. The highest BCUT2D eigenvalue weighted by Crippen LogP contribution is 2.34. The third-order valence-corrected chi connectivity index (χ3v) is 2.54. The average molecular weight is 181 g/mol. The second-order valence-corrected chi connectivity index (χ2v) is 3.50. The van der Waals surface area contributed by atoms with E-state index in [0.717, 1.165) is 36.5 Å². The lowest BCUT2D eigenvalue weighted by Crippen LogP contribution is -2.17. The fourth-order valence-electron chi connectivity index (χ4n) is 1.95. The zero-order chi connectivity index (χ0) is 9.42. The maximum atomic E-state index is 12.9. The highest BCUT2D eigenvalue weighted by atomic mass is 19.1. The molecule has 0 saturated carbocycles. The van der Waals surface area contributed by atoms with Gasteiger partial charge < -0.3 is 10.8 Å². The summed E-state index contributed by atoms with van der Waals surface area (Å²) in [5, 5.41) is 9.49. The van der Waals surface area contributed by atoms with E-state index >= 15 is 0 Å². The van der Waals surface area contributed by atoms with Gasteiger partial charge in [0, 0.05) is 17.7 Å². The third kappa shape index (κ3) is 1.40. The van der Waals surface area contributed by atoms with Crippen molar-refractivity contribution in [1.82, 2.24) is 0 Å². The van der Waals surface area contributed by atoms with E-state index in [1.807, 2.05) is 0 Å². The summed E-state index contributed by atoms with van der Waals surface area (Å²) >= 11 is 0. The molecule has 0 fully saturated rings. The lowest BCUT2D eigenvalue weighted by atomic mass is 9.87. The van der Waals surface area contributed by atoms with Gasteiger partial charge in [-0.2, -0.15) is 0 Å². The average Bonchev–Trinajstić information content (AvgIpc) is 2.02. The number of hydrogen-bond acceptors (Lipinski definition) is 2. The van der Waals surface area contributed by atoms with Crippen molar-refractivity contribution >= 4 is 0 Å². The molecule has 0 bridgehead atoms. The lowest BCUT2D eigenvalue weighted by Gasteiger charge is -2.22. The molecule has 3 N–H and O–H groups in total. The molecule has 1 atom stereocenters. The number of halogens is 1. The Balaban J connectivity index is 2.56. The van der Waals surface area contributed by atoms with Crippen LogP contribution < -0.4 is 5.73 Å². The van der Waals surface area contributed by atoms with Crippen molar-refractivity contribution < 1.29 is 9.50 Å². The van der Waals surface area contributed by atoms with Crippen LogP contribution in [0.1, 0.15) is 30.0 Å². The molecule has 0 aromatic heterocycles. The topological polar surface area (TPSA) is 46.2 Å². The van der Waals surface area contributed by atoms with Gasteiger partial charge in [-0.25, -0.2) is 4.39 Å². The van der Waals surface area contributed by atoms with Gasteiger partial charge in [0.25, 0.3) is 0 Å². The summed E-state index contributed by atoms with van der Waals surface area (Å²) < 4.78 is 12.9. The van der Waals surface area contributed by atoms with Gasteiger partial charge in [0.05, 0.1) is 0 Å². The number of fused-ring (bicyclic) bond motifs is 1. The normalized spacial score (nSPS) is 21.2. The number of phenolic OH excluding ortho intramolecular Hbond substituents is 1. The molecule has 0 unspecified atom stereocenters. The van der Waals surface area contributed by atoms with Crippen LogP contribution in [-0.4, -0.2) is 5.11 Å². The minimum atomic E-state index is -0.384. The molecule has 1 aromatic carbocycles. The van der Waals surface area contributed by atoms with Crippen LogP contribution in [0.15, 0.2) is 12.1 Å². The lowest BCUT2D eigenvalue weighted by molar-refractivity contribution is 0.441.